The Morgan fingerprint density at radius 1 is 1.35 bits per heavy atom. The average Bonchev–Trinajstić information content (AvgIpc) is 3.12. The predicted octanol–water partition coefficient (Wildman–Crippen LogP) is 0.752. The standard InChI is InChI=1S/C13H17N3O5S2/c1-8-9(2)14-15-13(8)11-3-4-12(21-11)23(19,20)16-10-5-6-22(17,18)7-10/h3-4,10,16H,5-7H2,1-2H3,(H,14,15)/t10-/m1/s1. The van der Waals surface area contributed by atoms with Gasteiger partial charge in [0.1, 0.15) is 5.69 Å². The number of sulfonamides is 1. The van der Waals surface area contributed by atoms with E-state index in [-0.39, 0.29) is 23.0 Å². The van der Waals surface area contributed by atoms with Crippen LogP contribution in [0.5, 0.6) is 0 Å². The number of nitrogens with zero attached hydrogens (tertiary/aromatic N) is 1. The van der Waals surface area contributed by atoms with Gasteiger partial charge in [0, 0.05) is 17.3 Å². The van der Waals surface area contributed by atoms with Crippen molar-refractivity contribution in [3.63, 3.8) is 0 Å². The maximum Gasteiger partial charge on any atom is 0.274 e. The lowest BCUT2D eigenvalue weighted by molar-refractivity contribution is 0.451. The smallest absolute Gasteiger partial charge is 0.274 e. The molecule has 2 aromatic heterocycles. The first kappa shape index (κ1) is 16.2. The Hall–Kier alpha value is -1.65. The van der Waals surface area contributed by atoms with Crippen LogP contribution in [0.4, 0.5) is 0 Å². The first-order chi connectivity index (χ1) is 10.7. The fraction of sp³-hybridized carbons (Fsp3) is 0.462. The van der Waals surface area contributed by atoms with Crippen molar-refractivity contribution >= 4 is 19.9 Å². The molecule has 1 saturated heterocycles. The minimum atomic E-state index is -3.91. The number of H-pyrrole nitrogens is 1. The summed E-state index contributed by atoms with van der Waals surface area (Å²) in [6.45, 7) is 3.71. The first-order valence-corrected chi connectivity index (χ1v) is 10.3. The van der Waals surface area contributed by atoms with Gasteiger partial charge in [-0.25, -0.2) is 21.6 Å². The van der Waals surface area contributed by atoms with Gasteiger partial charge in [-0.05, 0) is 32.4 Å². The van der Waals surface area contributed by atoms with E-state index in [4.69, 9.17) is 4.42 Å². The van der Waals surface area contributed by atoms with Gasteiger partial charge in [-0.1, -0.05) is 0 Å². The number of aromatic nitrogens is 2. The van der Waals surface area contributed by atoms with Crippen molar-refractivity contribution < 1.29 is 21.3 Å². The topological polar surface area (TPSA) is 122 Å². The summed E-state index contributed by atoms with van der Waals surface area (Å²) in [5.74, 6) is 0.151. The number of hydrogen-bond acceptors (Lipinski definition) is 6. The zero-order valence-corrected chi connectivity index (χ0v) is 14.3. The number of nitrogens with one attached hydrogen (secondary N) is 2. The van der Waals surface area contributed by atoms with Crippen LogP contribution in [0.3, 0.4) is 0 Å². The normalized spacial score (nSPS) is 20.9. The van der Waals surface area contributed by atoms with Crippen molar-refractivity contribution in [3.8, 4) is 11.5 Å². The molecule has 0 radical (unpaired) electrons. The molecular weight excluding hydrogens is 342 g/mol. The van der Waals surface area contributed by atoms with Crippen LogP contribution in [0.2, 0.25) is 0 Å². The lowest BCUT2D eigenvalue weighted by Crippen LogP contribution is -2.35. The summed E-state index contributed by atoms with van der Waals surface area (Å²) in [5, 5.41) is 6.65. The molecule has 0 aliphatic carbocycles. The van der Waals surface area contributed by atoms with E-state index in [0.29, 0.717) is 11.5 Å². The first-order valence-electron chi connectivity index (χ1n) is 7.02. The Morgan fingerprint density at radius 2 is 2.09 bits per heavy atom. The summed E-state index contributed by atoms with van der Waals surface area (Å²) in [6, 6.07) is 2.25. The quantitative estimate of drug-likeness (QED) is 0.831. The van der Waals surface area contributed by atoms with Gasteiger partial charge in [0.05, 0.1) is 11.5 Å². The molecule has 1 aliphatic heterocycles. The van der Waals surface area contributed by atoms with Gasteiger partial charge in [-0.15, -0.1) is 0 Å². The van der Waals surface area contributed by atoms with Crippen LogP contribution in [0.1, 0.15) is 17.7 Å². The Morgan fingerprint density at radius 3 is 2.65 bits per heavy atom. The number of aryl methyl sites for hydroxylation is 1. The minimum absolute atomic E-state index is 0.00463. The summed E-state index contributed by atoms with van der Waals surface area (Å²) in [5.41, 5.74) is 2.29. The second kappa shape index (κ2) is 5.46. The van der Waals surface area contributed by atoms with Crippen molar-refractivity contribution in [2.75, 3.05) is 11.5 Å². The fourth-order valence-corrected chi connectivity index (χ4v) is 5.46. The molecule has 0 unspecified atom stereocenters. The molecule has 0 bridgehead atoms. The Bertz CT molecular complexity index is 940. The van der Waals surface area contributed by atoms with E-state index in [9.17, 15) is 16.8 Å². The molecule has 10 heteroatoms. The summed E-state index contributed by atoms with van der Waals surface area (Å²) >= 11 is 0. The van der Waals surface area contributed by atoms with Gasteiger partial charge in [0.2, 0.25) is 5.09 Å². The van der Waals surface area contributed by atoms with Crippen molar-refractivity contribution in [2.24, 2.45) is 0 Å². The summed E-state index contributed by atoms with van der Waals surface area (Å²) < 4.78 is 55.2. The number of aromatic amines is 1. The maximum absolute atomic E-state index is 12.3. The minimum Gasteiger partial charge on any atom is -0.442 e. The number of sulfone groups is 1. The molecule has 2 N–H and O–H groups in total. The fourth-order valence-electron chi connectivity index (χ4n) is 2.48. The second-order valence-electron chi connectivity index (χ2n) is 5.66. The molecule has 126 valence electrons. The molecule has 1 fully saturated rings. The Kier molecular flexibility index (Phi) is 3.85. The molecule has 1 atom stereocenters. The SMILES string of the molecule is Cc1[nH]nc(-c2ccc(S(=O)(=O)N[C@@H]3CCS(=O)(=O)C3)o2)c1C. The van der Waals surface area contributed by atoms with Gasteiger partial charge < -0.3 is 4.42 Å². The van der Waals surface area contributed by atoms with E-state index in [1.54, 1.807) is 0 Å². The lowest BCUT2D eigenvalue weighted by Gasteiger charge is -2.09. The van der Waals surface area contributed by atoms with Crippen LogP contribution in [0, 0.1) is 13.8 Å². The van der Waals surface area contributed by atoms with Crippen LogP contribution >= 0.6 is 0 Å². The molecule has 0 amide bonds. The molecule has 3 rings (SSSR count). The van der Waals surface area contributed by atoms with Crippen molar-refractivity contribution in [2.45, 2.75) is 31.4 Å². The largest absolute Gasteiger partial charge is 0.442 e. The highest BCUT2D eigenvalue weighted by atomic mass is 32.2. The third kappa shape index (κ3) is 3.19. The Labute approximate surface area is 134 Å². The van der Waals surface area contributed by atoms with Crippen LogP contribution in [0.25, 0.3) is 11.5 Å². The molecule has 23 heavy (non-hydrogen) atoms. The van der Waals surface area contributed by atoms with Gasteiger partial charge in [0.15, 0.2) is 15.6 Å². The average molecular weight is 359 g/mol. The summed E-state index contributed by atoms with van der Waals surface area (Å²) in [4.78, 5) is 0. The zero-order valence-electron chi connectivity index (χ0n) is 12.7. The van der Waals surface area contributed by atoms with Gasteiger partial charge in [-0.3, -0.25) is 5.10 Å². The Balaban J connectivity index is 1.83. The summed E-state index contributed by atoms with van der Waals surface area (Å²) in [7, 11) is -7.07. The highest BCUT2D eigenvalue weighted by molar-refractivity contribution is 7.92. The molecule has 0 spiro atoms. The van der Waals surface area contributed by atoms with Crippen LogP contribution in [-0.4, -0.2) is 44.6 Å². The summed E-state index contributed by atoms with van der Waals surface area (Å²) in [6.07, 6.45) is 0.271. The van der Waals surface area contributed by atoms with Crippen molar-refractivity contribution in [1.82, 2.24) is 14.9 Å². The van der Waals surface area contributed by atoms with Crippen molar-refractivity contribution in [1.29, 1.82) is 0 Å². The van der Waals surface area contributed by atoms with Crippen LogP contribution in [0.15, 0.2) is 21.6 Å². The lowest BCUT2D eigenvalue weighted by atomic mass is 10.2. The van der Waals surface area contributed by atoms with E-state index in [0.717, 1.165) is 11.3 Å². The molecule has 2 aromatic rings. The molecule has 0 saturated carbocycles. The number of rotatable bonds is 4. The predicted molar refractivity (Wildman–Crippen MR) is 83.1 cm³/mol. The van der Waals surface area contributed by atoms with Crippen LogP contribution in [-0.2, 0) is 19.9 Å². The third-order valence-corrected chi connectivity index (χ3v) is 7.05. The molecule has 3 heterocycles. The van der Waals surface area contributed by atoms with E-state index >= 15 is 0 Å². The van der Waals surface area contributed by atoms with Gasteiger partial charge in [0.25, 0.3) is 10.0 Å². The third-order valence-electron chi connectivity index (χ3n) is 3.89. The monoisotopic (exact) mass is 359 g/mol. The maximum atomic E-state index is 12.3. The van der Waals surface area contributed by atoms with E-state index in [1.165, 1.54) is 12.1 Å². The molecule has 1 aliphatic rings. The number of hydrogen-bond donors (Lipinski definition) is 2. The highest BCUT2D eigenvalue weighted by Crippen LogP contribution is 2.27. The molecule has 0 aromatic carbocycles. The second-order valence-corrected chi connectivity index (χ2v) is 9.54. The van der Waals surface area contributed by atoms with Gasteiger partial charge >= 0.3 is 0 Å². The van der Waals surface area contributed by atoms with Crippen molar-refractivity contribution in [3.05, 3.63) is 23.4 Å². The van der Waals surface area contributed by atoms with E-state index < -0.39 is 25.9 Å². The van der Waals surface area contributed by atoms with E-state index in [2.05, 4.69) is 14.9 Å². The van der Waals surface area contributed by atoms with Crippen LogP contribution < -0.4 is 4.72 Å². The highest BCUT2D eigenvalue weighted by Gasteiger charge is 2.32. The van der Waals surface area contributed by atoms with Gasteiger partial charge in [-0.2, -0.15) is 5.10 Å². The molecular formula is C13H17N3O5S2. The number of furan rings is 1. The van der Waals surface area contributed by atoms with E-state index in [1.807, 2.05) is 13.8 Å². The molecule has 8 nitrogen and oxygen atoms in total. The zero-order chi connectivity index (χ0) is 16.8.